The van der Waals surface area contributed by atoms with Gasteiger partial charge in [-0.05, 0) is 31.2 Å². The molecule has 0 saturated carbocycles. The number of nitrogens with one attached hydrogen (secondary N) is 1. The van der Waals surface area contributed by atoms with Crippen molar-refractivity contribution in [3.8, 4) is 5.75 Å². The third kappa shape index (κ3) is 5.34. The Hall–Kier alpha value is -2.36. The van der Waals surface area contributed by atoms with E-state index in [-0.39, 0.29) is 35.5 Å². The summed E-state index contributed by atoms with van der Waals surface area (Å²) in [5.74, 6) is 0.625. The maximum absolute atomic E-state index is 13.6. The van der Waals surface area contributed by atoms with E-state index in [0.29, 0.717) is 19.7 Å². The zero-order valence-corrected chi connectivity index (χ0v) is 18.6. The fraction of sp³-hybridized carbons (Fsp3) is 0.300. The van der Waals surface area contributed by atoms with Crippen LogP contribution in [0, 0.1) is 12.7 Å². The Labute approximate surface area is 181 Å². The van der Waals surface area contributed by atoms with Crippen LogP contribution in [0.2, 0.25) is 0 Å². The number of benzene rings is 1. The minimum Gasteiger partial charge on any atom is -0.489 e. The Morgan fingerprint density at radius 2 is 2.04 bits per heavy atom. The fourth-order valence-corrected chi connectivity index (χ4v) is 2.80. The number of nitrogens with zero attached hydrogens (tertiary/aromatic N) is 4. The van der Waals surface area contributed by atoms with Crippen LogP contribution in [-0.4, -0.2) is 47.5 Å². The van der Waals surface area contributed by atoms with E-state index in [9.17, 15) is 4.39 Å². The van der Waals surface area contributed by atoms with E-state index in [0.717, 1.165) is 23.0 Å². The molecular formula is C20H25FIN5O. The Morgan fingerprint density at radius 3 is 2.75 bits per heavy atom. The molecule has 3 rings (SSSR count). The van der Waals surface area contributed by atoms with Crippen molar-refractivity contribution in [3.05, 3.63) is 65.9 Å². The van der Waals surface area contributed by atoms with Gasteiger partial charge in [-0.1, -0.05) is 18.2 Å². The van der Waals surface area contributed by atoms with Crippen molar-refractivity contribution in [1.29, 1.82) is 0 Å². The Morgan fingerprint density at radius 1 is 1.25 bits per heavy atom. The number of likely N-dealkylation sites (N-methyl/N-ethyl adjacent to an activating group) is 1. The summed E-state index contributed by atoms with van der Waals surface area (Å²) in [6.45, 7) is 3.53. The number of aliphatic imine (C=N–C) groups is 1. The van der Waals surface area contributed by atoms with Crippen molar-refractivity contribution in [2.75, 3.05) is 27.2 Å². The van der Waals surface area contributed by atoms with Gasteiger partial charge in [0.25, 0.3) is 0 Å². The highest BCUT2D eigenvalue weighted by atomic mass is 127. The van der Waals surface area contributed by atoms with Crippen LogP contribution in [-0.2, 0) is 6.54 Å². The van der Waals surface area contributed by atoms with Crippen molar-refractivity contribution in [1.82, 2.24) is 19.6 Å². The number of fused-ring (bicyclic) bond motifs is 1. The van der Waals surface area contributed by atoms with Crippen LogP contribution in [0.4, 0.5) is 4.39 Å². The van der Waals surface area contributed by atoms with Gasteiger partial charge in [-0.25, -0.2) is 9.37 Å². The third-order valence-corrected chi connectivity index (χ3v) is 4.27. The highest BCUT2D eigenvalue weighted by molar-refractivity contribution is 14.0. The molecule has 0 atom stereocenters. The van der Waals surface area contributed by atoms with Crippen LogP contribution in [0.25, 0.3) is 5.65 Å². The third-order valence-electron chi connectivity index (χ3n) is 4.27. The topological polar surface area (TPSA) is 54.2 Å². The lowest BCUT2D eigenvalue weighted by Gasteiger charge is -2.21. The molecule has 0 amide bonds. The van der Waals surface area contributed by atoms with E-state index in [1.807, 2.05) is 43.3 Å². The zero-order chi connectivity index (χ0) is 19.2. The number of halogens is 2. The summed E-state index contributed by atoms with van der Waals surface area (Å²) >= 11 is 0. The number of pyridine rings is 1. The molecule has 0 aliphatic heterocycles. The monoisotopic (exact) mass is 497 g/mol. The van der Waals surface area contributed by atoms with E-state index in [4.69, 9.17) is 4.74 Å². The van der Waals surface area contributed by atoms with Gasteiger partial charge in [0, 0.05) is 26.0 Å². The summed E-state index contributed by atoms with van der Waals surface area (Å²) in [5.41, 5.74) is 2.99. The van der Waals surface area contributed by atoms with Crippen LogP contribution < -0.4 is 10.1 Å². The SMILES string of the molecule is CN=C(NCc1cn2c(C)cccc2n1)N(C)CCOc1ccccc1F.I. The van der Waals surface area contributed by atoms with E-state index in [1.54, 1.807) is 25.2 Å². The number of aromatic nitrogens is 2. The summed E-state index contributed by atoms with van der Waals surface area (Å²) in [5, 5.41) is 3.30. The van der Waals surface area contributed by atoms with E-state index in [1.165, 1.54) is 6.07 Å². The Balaban J connectivity index is 0.00000280. The lowest BCUT2D eigenvalue weighted by molar-refractivity contribution is 0.270. The van der Waals surface area contributed by atoms with Crippen molar-refractivity contribution < 1.29 is 9.13 Å². The first kappa shape index (κ1) is 21.9. The molecule has 0 saturated heterocycles. The normalized spacial score (nSPS) is 11.2. The number of hydrogen-bond acceptors (Lipinski definition) is 3. The van der Waals surface area contributed by atoms with Crippen molar-refractivity contribution >= 4 is 35.6 Å². The van der Waals surface area contributed by atoms with Crippen LogP contribution >= 0.6 is 24.0 Å². The molecule has 150 valence electrons. The molecule has 8 heteroatoms. The quantitative estimate of drug-likeness (QED) is 0.322. The van der Waals surface area contributed by atoms with Gasteiger partial charge < -0.3 is 19.4 Å². The van der Waals surface area contributed by atoms with Gasteiger partial charge in [0.1, 0.15) is 12.3 Å². The van der Waals surface area contributed by atoms with E-state index < -0.39 is 0 Å². The Bertz CT molecular complexity index is 943. The van der Waals surface area contributed by atoms with E-state index >= 15 is 0 Å². The summed E-state index contributed by atoms with van der Waals surface area (Å²) < 4.78 is 21.1. The molecule has 2 aromatic heterocycles. The molecule has 0 fully saturated rings. The van der Waals surface area contributed by atoms with Crippen molar-refractivity contribution in [2.45, 2.75) is 13.5 Å². The number of aryl methyl sites for hydroxylation is 1. The maximum atomic E-state index is 13.6. The molecule has 6 nitrogen and oxygen atoms in total. The average Bonchev–Trinajstić information content (AvgIpc) is 3.08. The number of ether oxygens (including phenoxy) is 1. The summed E-state index contributed by atoms with van der Waals surface area (Å²) in [6.07, 6.45) is 2.02. The smallest absolute Gasteiger partial charge is 0.193 e. The van der Waals surface area contributed by atoms with Gasteiger partial charge in [-0.2, -0.15) is 0 Å². The van der Waals surface area contributed by atoms with Crippen molar-refractivity contribution in [2.24, 2.45) is 4.99 Å². The molecule has 0 unspecified atom stereocenters. The van der Waals surface area contributed by atoms with E-state index in [2.05, 4.69) is 19.7 Å². The zero-order valence-electron chi connectivity index (χ0n) is 16.2. The first-order chi connectivity index (χ1) is 13.1. The van der Waals surface area contributed by atoms with Crippen molar-refractivity contribution in [3.63, 3.8) is 0 Å². The minimum atomic E-state index is -0.357. The van der Waals surface area contributed by atoms with Gasteiger partial charge in [-0.3, -0.25) is 4.99 Å². The molecule has 2 heterocycles. The van der Waals surface area contributed by atoms with Gasteiger partial charge in [0.2, 0.25) is 0 Å². The number of para-hydroxylation sites is 1. The predicted octanol–water partition coefficient (Wildman–Crippen LogP) is 3.49. The number of imidazole rings is 1. The molecule has 0 spiro atoms. The molecular weight excluding hydrogens is 472 g/mol. The second kappa shape index (κ2) is 10.3. The second-order valence-electron chi connectivity index (χ2n) is 6.23. The summed E-state index contributed by atoms with van der Waals surface area (Å²) in [7, 11) is 3.64. The highest BCUT2D eigenvalue weighted by Crippen LogP contribution is 2.15. The molecule has 0 bridgehead atoms. The molecule has 1 N–H and O–H groups in total. The van der Waals surface area contributed by atoms with Gasteiger partial charge >= 0.3 is 0 Å². The highest BCUT2D eigenvalue weighted by Gasteiger charge is 2.09. The van der Waals surface area contributed by atoms with Crippen LogP contribution in [0.3, 0.4) is 0 Å². The standard InChI is InChI=1S/C20H24FN5O.HI/c1-15-7-6-10-19-24-16(14-26(15)19)13-23-20(22-2)25(3)11-12-27-18-9-5-4-8-17(18)21;/h4-10,14H,11-13H2,1-3H3,(H,22,23);1H. The van der Waals surface area contributed by atoms with Crippen LogP contribution in [0.1, 0.15) is 11.4 Å². The molecule has 0 radical (unpaired) electrons. The minimum absolute atomic E-state index is 0. The molecule has 28 heavy (non-hydrogen) atoms. The largest absolute Gasteiger partial charge is 0.489 e. The fourth-order valence-electron chi connectivity index (χ4n) is 2.80. The van der Waals surface area contributed by atoms with Gasteiger partial charge in [-0.15, -0.1) is 24.0 Å². The first-order valence-corrected chi connectivity index (χ1v) is 8.81. The number of guanidine groups is 1. The maximum Gasteiger partial charge on any atom is 0.193 e. The molecule has 0 aliphatic carbocycles. The summed E-state index contributed by atoms with van der Waals surface area (Å²) in [6, 6.07) is 12.4. The summed E-state index contributed by atoms with van der Waals surface area (Å²) in [4.78, 5) is 10.8. The van der Waals surface area contributed by atoms with Gasteiger partial charge in [0.15, 0.2) is 17.5 Å². The number of rotatable bonds is 6. The molecule has 1 aromatic carbocycles. The van der Waals surface area contributed by atoms with Gasteiger partial charge in [0.05, 0.1) is 18.8 Å². The molecule has 0 aliphatic rings. The lowest BCUT2D eigenvalue weighted by atomic mass is 10.3. The first-order valence-electron chi connectivity index (χ1n) is 8.81. The molecule has 3 aromatic rings. The van der Waals surface area contributed by atoms with Crippen LogP contribution in [0.15, 0.2) is 53.7 Å². The second-order valence-corrected chi connectivity index (χ2v) is 6.23. The average molecular weight is 497 g/mol. The van der Waals surface area contributed by atoms with Crippen LogP contribution in [0.5, 0.6) is 5.75 Å². The predicted molar refractivity (Wildman–Crippen MR) is 120 cm³/mol. The number of hydrogen-bond donors (Lipinski definition) is 1. The Kier molecular flexibility index (Phi) is 8.04. The lowest BCUT2D eigenvalue weighted by Crippen LogP contribution is -2.40.